The van der Waals surface area contributed by atoms with E-state index in [-0.39, 0.29) is 11.8 Å². The minimum atomic E-state index is 0.144. The van der Waals surface area contributed by atoms with Gasteiger partial charge in [-0.15, -0.1) is 15.3 Å². The predicted octanol–water partition coefficient (Wildman–Crippen LogP) is 4.18. The van der Waals surface area contributed by atoms with Crippen molar-refractivity contribution in [2.24, 2.45) is 12.2 Å². The molecule has 0 saturated heterocycles. The molecule has 9 heteroatoms. The first kappa shape index (κ1) is 19.0. The molecule has 4 aromatic rings. The Kier molecular flexibility index (Phi) is 5.48. The van der Waals surface area contributed by atoms with Crippen LogP contribution in [0.3, 0.4) is 0 Å². The molecular formula is C20H19N7OS. The molecule has 0 aliphatic carbocycles. The van der Waals surface area contributed by atoms with Crippen molar-refractivity contribution in [1.29, 1.82) is 0 Å². The Labute approximate surface area is 172 Å². The highest BCUT2D eigenvalue weighted by Crippen LogP contribution is 2.33. The molecule has 146 valence electrons. The van der Waals surface area contributed by atoms with Crippen LogP contribution in [-0.2, 0) is 13.6 Å². The fraction of sp³-hybridized carbons (Fsp3) is 0.200. The van der Waals surface area contributed by atoms with Crippen LogP contribution in [0.25, 0.3) is 16.9 Å². The molecule has 0 amide bonds. The summed E-state index contributed by atoms with van der Waals surface area (Å²) in [7, 11) is 1.93. The van der Waals surface area contributed by atoms with Crippen LogP contribution >= 0.6 is 11.8 Å². The first-order chi connectivity index (χ1) is 14.1. The van der Waals surface area contributed by atoms with Crippen molar-refractivity contribution in [1.82, 2.24) is 29.8 Å². The highest BCUT2D eigenvalue weighted by Gasteiger charge is 2.13. The summed E-state index contributed by atoms with van der Waals surface area (Å²) in [6, 6.07) is 15.7. The van der Waals surface area contributed by atoms with Crippen LogP contribution < -0.4 is 0 Å². The highest BCUT2D eigenvalue weighted by atomic mass is 32.2. The number of rotatable bonds is 7. The zero-order valence-corrected chi connectivity index (χ0v) is 16.8. The second kappa shape index (κ2) is 8.36. The molecule has 0 unspecified atom stereocenters. The highest BCUT2D eigenvalue weighted by molar-refractivity contribution is 7.99. The SMILES string of the molecule is C[C@H](Sc1nncn1C)c1cccc(-n2ncc(-c3cccc(CN=O)c3)n2)c1. The first-order valence-corrected chi connectivity index (χ1v) is 9.94. The Balaban J connectivity index is 1.57. The zero-order valence-electron chi connectivity index (χ0n) is 16.0. The normalized spacial score (nSPS) is 12.1. The summed E-state index contributed by atoms with van der Waals surface area (Å²) in [5.74, 6) is 0. The molecule has 2 aromatic carbocycles. The molecule has 0 aliphatic rings. The predicted molar refractivity (Wildman–Crippen MR) is 112 cm³/mol. The Bertz CT molecular complexity index is 1140. The number of benzene rings is 2. The quantitative estimate of drug-likeness (QED) is 0.338. The van der Waals surface area contributed by atoms with Crippen LogP contribution in [0.4, 0.5) is 0 Å². The molecule has 4 rings (SSSR count). The third-order valence-electron chi connectivity index (χ3n) is 4.48. The number of aromatic nitrogens is 6. The zero-order chi connectivity index (χ0) is 20.2. The summed E-state index contributed by atoms with van der Waals surface area (Å²) in [5.41, 5.74) is 4.52. The molecule has 2 aromatic heterocycles. The van der Waals surface area contributed by atoms with E-state index in [1.165, 1.54) is 0 Å². The Hall–Kier alpha value is -3.33. The molecule has 2 heterocycles. The van der Waals surface area contributed by atoms with Crippen LogP contribution in [0.2, 0.25) is 0 Å². The van der Waals surface area contributed by atoms with Gasteiger partial charge in [0.25, 0.3) is 0 Å². The van der Waals surface area contributed by atoms with E-state index < -0.39 is 0 Å². The minimum Gasteiger partial charge on any atom is -0.312 e. The van der Waals surface area contributed by atoms with E-state index in [2.05, 4.69) is 44.6 Å². The standard InChI is InChI=1S/C20H19N7OS/c1-14(29-20-24-21-13-26(20)2)16-6-4-8-18(10-16)27-22-12-19(25-27)17-7-3-5-15(9-17)11-23-28/h3-10,12-14H,11H2,1-2H3/t14-/m0/s1. The average molecular weight is 405 g/mol. The Morgan fingerprint density at radius 3 is 2.83 bits per heavy atom. The van der Waals surface area contributed by atoms with Crippen molar-refractivity contribution < 1.29 is 0 Å². The van der Waals surface area contributed by atoms with Gasteiger partial charge in [0, 0.05) is 17.9 Å². The molecule has 8 nitrogen and oxygen atoms in total. The van der Waals surface area contributed by atoms with Gasteiger partial charge in [-0.1, -0.05) is 47.3 Å². The fourth-order valence-corrected chi connectivity index (χ4v) is 3.84. The lowest BCUT2D eigenvalue weighted by atomic mass is 10.1. The maximum absolute atomic E-state index is 10.5. The largest absolute Gasteiger partial charge is 0.312 e. The smallest absolute Gasteiger partial charge is 0.191 e. The van der Waals surface area contributed by atoms with Crippen molar-refractivity contribution in [3.63, 3.8) is 0 Å². The molecule has 0 saturated carbocycles. The van der Waals surface area contributed by atoms with Crippen molar-refractivity contribution >= 4 is 11.8 Å². The minimum absolute atomic E-state index is 0.144. The Morgan fingerprint density at radius 2 is 2.03 bits per heavy atom. The van der Waals surface area contributed by atoms with Gasteiger partial charge in [-0.2, -0.15) is 14.8 Å². The lowest BCUT2D eigenvalue weighted by Crippen LogP contribution is -2.01. The number of nitroso groups, excluding NO2 is 1. The van der Waals surface area contributed by atoms with E-state index in [4.69, 9.17) is 0 Å². The summed E-state index contributed by atoms with van der Waals surface area (Å²) in [6.45, 7) is 2.28. The summed E-state index contributed by atoms with van der Waals surface area (Å²) in [5, 5.41) is 21.1. The van der Waals surface area contributed by atoms with E-state index in [0.717, 1.165) is 33.2 Å². The van der Waals surface area contributed by atoms with Crippen LogP contribution in [-0.4, -0.2) is 29.8 Å². The lowest BCUT2D eigenvalue weighted by molar-refractivity contribution is 0.752. The van der Waals surface area contributed by atoms with Crippen LogP contribution in [0, 0.1) is 4.91 Å². The van der Waals surface area contributed by atoms with E-state index in [1.54, 1.807) is 29.1 Å². The third kappa shape index (κ3) is 4.24. The van der Waals surface area contributed by atoms with E-state index >= 15 is 0 Å². The van der Waals surface area contributed by atoms with Crippen molar-refractivity contribution in [3.05, 3.63) is 77.1 Å². The topological polar surface area (TPSA) is 90.9 Å². The van der Waals surface area contributed by atoms with Gasteiger partial charge in [0.1, 0.15) is 18.6 Å². The molecule has 1 atom stereocenters. The molecule has 29 heavy (non-hydrogen) atoms. The van der Waals surface area contributed by atoms with Gasteiger partial charge < -0.3 is 4.57 Å². The van der Waals surface area contributed by atoms with Crippen LogP contribution in [0.1, 0.15) is 23.3 Å². The number of hydrogen-bond acceptors (Lipinski definition) is 7. The number of thioether (sulfide) groups is 1. The third-order valence-corrected chi connectivity index (χ3v) is 5.69. The average Bonchev–Trinajstić information content (AvgIpc) is 3.38. The molecule has 0 fully saturated rings. The number of hydrogen-bond donors (Lipinski definition) is 0. The van der Waals surface area contributed by atoms with Gasteiger partial charge in [-0.25, -0.2) is 0 Å². The summed E-state index contributed by atoms with van der Waals surface area (Å²) in [4.78, 5) is 12.1. The maximum atomic E-state index is 10.5. The van der Waals surface area contributed by atoms with E-state index in [0.29, 0.717) is 0 Å². The maximum Gasteiger partial charge on any atom is 0.191 e. The monoisotopic (exact) mass is 405 g/mol. The molecule has 0 spiro atoms. The summed E-state index contributed by atoms with van der Waals surface area (Å²) in [6.07, 6.45) is 3.42. The molecule has 0 radical (unpaired) electrons. The van der Waals surface area contributed by atoms with Gasteiger partial charge in [-0.05, 0) is 36.2 Å². The van der Waals surface area contributed by atoms with Crippen molar-refractivity contribution in [3.8, 4) is 16.9 Å². The second-order valence-corrected chi connectivity index (χ2v) is 7.89. The van der Waals surface area contributed by atoms with Gasteiger partial charge in [0.15, 0.2) is 5.16 Å². The molecular weight excluding hydrogens is 386 g/mol. The molecule has 0 bridgehead atoms. The van der Waals surface area contributed by atoms with Crippen molar-refractivity contribution in [2.45, 2.75) is 23.9 Å². The van der Waals surface area contributed by atoms with E-state index in [9.17, 15) is 4.91 Å². The van der Waals surface area contributed by atoms with Gasteiger partial charge >= 0.3 is 0 Å². The van der Waals surface area contributed by atoms with Crippen molar-refractivity contribution in [2.75, 3.05) is 0 Å². The van der Waals surface area contributed by atoms with Crippen LogP contribution in [0.15, 0.2) is 71.4 Å². The van der Waals surface area contributed by atoms with Gasteiger partial charge in [-0.3, -0.25) is 0 Å². The summed E-state index contributed by atoms with van der Waals surface area (Å²) < 4.78 is 1.90. The van der Waals surface area contributed by atoms with Gasteiger partial charge in [0.05, 0.1) is 11.9 Å². The number of nitrogens with zero attached hydrogens (tertiary/aromatic N) is 7. The van der Waals surface area contributed by atoms with Crippen LogP contribution in [0.5, 0.6) is 0 Å². The number of aryl methyl sites for hydroxylation is 1. The summed E-state index contributed by atoms with van der Waals surface area (Å²) >= 11 is 1.65. The van der Waals surface area contributed by atoms with Gasteiger partial charge in [0.2, 0.25) is 0 Å². The molecule has 0 aliphatic heterocycles. The lowest BCUT2D eigenvalue weighted by Gasteiger charge is -2.12. The Morgan fingerprint density at radius 1 is 1.17 bits per heavy atom. The molecule has 0 N–H and O–H groups in total. The van der Waals surface area contributed by atoms with E-state index in [1.807, 2.05) is 48.0 Å². The second-order valence-electron chi connectivity index (χ2n) is 6.59. The first-order valence-electron chi connectivity index (χ1n) is 9.06. The fourth-order valence-electron chi connectivity index (χ4n) is 2.93.